The molecule has 0 aliphatic carbocycles. The number of fused-ring (bicyclic) bond motifs is 1. The highest BCUT2D eigenvalue weighted by Crippen LogP contribution is 2.19. The molecular weight excluding hydrogens is 342 g/mol. The molecule has 2 heterocycles. The number of nitrogens with one attached hydrogen (secondary N) is 2. The van der Waals surface area contributed by atoms with E-state index in [1.54, 1.807) is 0 Å². The molecule has 1 fully saturated rings. The van der Waals surface area contributed by atoms with Gasteiger partial charge in [0.1, 0.15) is 0 Å². The maximum Gasteiger partial charge on any atom is 0.246 e. The van der Waals surface area contributed by atoms with Crippen molar-refractivity contribution in [1.29, 1.82) is 0 Å². The van der Waals surface area contributed by atoms with Crippen LogP contribution in [0.5, 0.6) is 0 Å². The zero-order valence-electron chi connectivity index (χ0n) is 15.3. The molecule has 1 aliphatic heterocycles. The quantitative estimate of drug-likeness (QED) is 0.715. The van der Waals surface area contributed by atoms with E-state index in [9.17, 15) is 4.79 Å². The zero-order valence-corrected chi connectivity index (χ0v) is 15.3. The third-order valence-corrected chi connectivity index (χ3v) is 4.96. The Hall–Kier alpha value is -2.77. The fourth-order valence-electron chi connectivity index (χ4n) is 3.43. The fourth-order valence-corrected chi connectivity index (χ4v) is 3.43. The van der Waals surface area contributed by atoms with Gasteiger partial charge < -0.3 is 15.2 Å². The molecule has 0 spiro atoms. The minimum atomic E-state index is -0.0671. The van der Waals surface area contributed by atoms with Crippen LogP contribution in [0.3, 0.4) is 0 Å². The van der Waals surface area contributed by atoms with Gasteiger partial charge in [-0.2, -0.15) is 4.98 Å². The van der Waals surface area contributed by atoms with Crippen molar-refractivity contribution in [1.82, 2.24) is 25.7 Å². The first-order valence-corrected chi connectivity index (χ1v) is 9.17. The van der Waals surface area contributed by atoms with Crippen molar-refractivity contribution in [3.05, 3.63) is 59.7 Å². The van der Waals surface area contributed by atoms with Crippen molar-refractivity contribution < 1.29 is 9.32 Å². The van der Waals surface area contributed by atoms with E-state index < -0.39 is 0 Å². The van der Waals surface area contributed by atoms with E-state index in [2.05, 4.69) is 25.7 Å². The number of benzene rings is 2. The van der Waals surface area contributed by atoms with Crippen LogP contribution in [0, 0.1) is 0 Å². The Morgan fingerprint density at radius 2 is 2.15 bits per heavy atom. The molecule has 3 aromatic rings. The van der Waals surface area contributed by atoms with E-state index >= 15 is 0 Å². The van der Waals surface area contributed by atoms with Crippen LogP contribution in [0.4, 0.5) is 0 Å². The smallest absolute Gasteiger partial charge is 0.246 e. The summed E-state index contributed by atoms with van der Waals surface area (Å²) in [6, 6.07) is 14.2. The van der Waals surface area contributed by atoms with Crippen LogP contribution in [-0.4, -0.2) is 47.6 Å². The number of carbonyl (C=O) groups is 1. The topological polar surface area (TPSA) is 83.3 Å². The first-order valence-electron chi connectivity index (χ1n) is 9.17. The summed E-state index contributed by atoms with van der Waals surface area (Å²) in [5.41, 5.74) is 1.01. The van der Waals surface area contributed by atoms with E-state index in [0.29, 0.717) is 18.1 Å². The highest BCUT2D eigenvalue weighted by Gasteiger charge is 2.25. The Morgan fingerprint density at radius 3 is 3.04 bits per heavy atom. The maximum atomic E-state index is 12.4. The summed E-state index contributed by atoms with van der Waals surface area (Å²) >= 11 is 0. The number of aromatic nitrogens is 2. The first kappa shape index (κ1) is 17.6. The molecule has 4 rings (SSSR count). The van der Waals surface area contributed by atoms with Gasteiger partial charge in [-0.05, 0) is 23.4 Å². The average Bonchev–Trinajstić information content (AvgIpc) is 3.16. The second-order valence-electron chi connectivity index (χ2n) is 6.84. The number of carbonyl (C=O) groups excluding carboxylic acids is 1. The summed E-state index contributed by atoms with van der Waals surface area (Å²) in [5.74, 6) is 1.01. The predicted octanol–water partition coefficient (Wildman–Crippen LogP) is 1.66. The van der Waals surface area contributed by atoms with Crippen molar-refractivity contribution in [2.45, 2.75) is 19.0 Å². The van der Waals surface area contributed by atoms with Crippen molar-refractivity contribution >= 4 is 16.7 Å². The van der Waals surface area contributed by atoms with Crippen molar-refractivity contribution in [3.8, 4) is 0 Å². The molecule has 0 radical (unpaired) electrons. The number of hydrogen-bond acceptors (Lipinski definition) is 6. The molecule has 1 saturated heterocycles. The molecule has 1 aromatic heterocycles. The highest BCUT2D eigenvalue weighted by molar-refractivity contribution is 5.90. The minimum Gasteiger partial charge on any atom is -0.347 e. The normalized spacial score (nSPS) is 17.9. The molecule has 7 nitrogen and oxygen atoms in total. The van der Waals surface area contributed by atoms with Gasteiger partial charge in [-0.25, -0.2) is 0 Å². The Kier molecular flexibility index (Phi) is 5.13. The van der Waals surface area contributed by atoms with Crippen LogP contribution in [0.1, 0.15) is 23.3 Å². The molecule has 1 aliphatic rings. The Labute approximate surface area is 157 Å². The van der Waals surface area contributed by atoms with Crippen LogP contribution in [0.2, 0.25) is 0 Å². The summed E-state index contributed by atoms with van der Waals surface area (Å²) < 4.78 is 5.31. The zero-order chi connectivity index (χ0) is 18.6. The minimum absolute atomic E-state index is 0.0671. The summed E-state index contributed by atoms with van der Waals surface area (Å²) in [6.07, 6.45) is 0.317. The summed E-state index contributed by atoms with van der Waals surface area (Å²) in [4.78, 5) is 19.0. The van der Waals surface area contributed by atoms with Gasteiger partial charge in [-0.15, -0.1) is 0 Å². The third-order valence-electron chi connectivity index (χ3n) is 4.96. The average molecular weight is 365 g/mol. The van der Waals surface area contributed by atoms with Crippen LogP contribution in [0.25, 0.3) is 10.8 Å². The number of rotatable bonds is 5. The second kappa shape index (κ2) is 7.85. The second-order valence-corrected chi connectivity index (χ2v) is 6.84. The van der Waals surface area contributed by atoms with E-state index in [0.717, 1.165) is 36.0 Å². The van der Waals surface area contributed by atoms with Gasteiger partial charge in [0.25, 0.3) is 0 Å². The molecule has 0 saturated carbocycles. The van der Waals surface area contributed by atoms with Crippen LogP contribution >= 0.6 is 0 Å². The Balaban J connectivity index is 1.37. The lowest BCUT2D eigenvalue weighted by Gasteiger charge is -2.30. The van der Waals surface area contributed by atoms with Gasteiger partial charge in [-0.1, -0.05) is 47.6 Å². The van der Waals surface area contributed by atoms with Gasteiger partial charge in [0, 0.05) is 19.6 Å². The van der Waals surface area contributed by atoms with Crippen LogP contribution in [0.15, 0.2) is 47.0 Å². The summed E-state index contributed by atoms with van der Waals surface area (Å²) in [6.45, 7) is 2.93. The lowest BCUT2D eigenvalue weighted by Crippen LogP contribution is -2.44. The maximum absolute atomic E-state index is 12.4. The van der Waals surface area contributed by atoms with Crippen molar-refractivity contribution in [2.24, 2.45) is 0 Å². The summed E-state index contributed by atoms with van der Waals surface area (Å²) in [5, 5.41) is 12.5. The molecule has 2 aromatic carbocycles. The highest BCUT2D eigenvalue weighted by atomic mass is 16.5. The van der Waals surface area contributed by atoms with E-state index in [1.807, 2.05) is 49.5 Å². The first-order chi connectivity index (χ1) is 13.2. The van der Waals surface area contributed by atoms with Crippen LogP contribution < -0.4 is 10.6 Å². The molecule has 7 heteroatoms. The van der Waals surface area contributed by atoms with Gasteiger partial charge >= 0.3 is 0 Å². The van der Waals surface area contributed by atoms with E-state index in [-0.39, 0.29) is 18.5 Å². The third kappa shape index (κ3) is 3.99. The van der Waals surface area contributed by atoms with Crippen LogP contribution in [-0.2, 0) is 17.8 Å². The van der Waals surface area contributed by atoms with Crippen molar-refractivity contribution in [3.63, 3.8) is 0 Å². The van der Waals surface area contributed by atoms with Gasteiger partial charge in [0.15, 0.2) is 5.82 Å². The monoisotopic (exact) mass is 365 g/mol. The molecule has 1 unspecified atom stereocenters. The van der Waals surface area contributed by atoms with Crippen molar-refractivity contribution in [2.75, 3.05) is 26.7 Å². The largest absolute Gasteiger partial charge is 0.347 e. The fraction of sp³-hybridized carbons (Fsp3) is 0.350. The number of hydrogen-bond donors (Lipinski definition) is 2. The molecular formula is C20H23N5O2. The molecule has 1 atom stereocenters. The van der Waals surface area contributed by atoms with Gasteiger partial charge in [0.2, 0.25) is 11.8 Å². The van der Waals surface area contributed by atoms with E-state index in [1.165, 1.54) is 0 Å². The van der Waals surface area contributed by atoms with E-state index in [4.69, 9.17) is 4.52 Å². The Bertz CT molecular complexity index is 934. The molecule has 27 heavy (non-hydrogen) atoms. The van der Waals surface area contributed by atoms with Gasteiger partial charge in [0.05, 0.1) is 19.0 Å². The molecule has 0 bridgehead atoms. The standard InChI is InChI=1S/C20H23N5O2/c1-25-10-9-21-12-17(25)20-23-19(27-24-20)13-22-18(26)11-15-7-4-6-14-5-2-3-8-16(14)15/h2-8,17,21H,9-13H2,1H3,(H,22,26). The van der Waals surface area contributed by atoms with Gasteiger partial charge in [-0.3, -0.25) is 9.69 Å². The number of amides is 1. The number of piperazine rings is 1. The SMILES string of the molecule is CN1CCNCC1c1noc(CNC(=O)Cc2cccc3ccccc23)n1. The predicted molar refractivity (Wildman–Crippen MR) is 102 cm³/mol. The molecule has 140 valence electrons. The lowest BCUT2D eigenvalue weighted by atomic mass is 10.0. The molecule has 2 N–H and O–H groups in total. The summed E-state index contributed by atoms with van der Waals surface area (Å²) in [7, 11) is 2.05. The number of likely N-dealkylation sites (N-methyl/N-ethyl adjacent to an activating group) is 1. The lowest BCUT2D eigenvalue weighted by molar-refractivity contribution is -0.120. The number of nitrogens with zero attached hydrogens (tertiary/aromatic N) is 3. The molecule has 1 amide bonds. The Morgan fingerprint density at radius 1 is 1.30 bits per heavy atom.